The van der Waals surface area contributed by atoms with Crippen LogP contribution in [0.1, 0.15) is 26.3 Å². The van der Waals surface area contributed by atoms with E-state index in [1.807, 2.05) is 20.8 Å². The van der Waals surface area contributed by atoms with Crippen LogP contribution in [-0.4, -0.2) is 38.4 Å². The van der Waals surface area contributed by atoms with Gasteiger partial charge in [-0.1, -0.05) is 11.8 Å². The molecule has 100 valence electrons. The lowest BCUT2D eigenvalue weighted by molar-refractivity contribution is -0.143. The molecule has 0 saturated carbocycles. The molecule has 0 radical (unpaired) electrons. The molecule has 5 nitrogen and oxygen atoms in total. The Morgan fingerprint density at radius 2 is 2.06 bits per heavy atom. The van der Waals surface area contributed by atoms with Crippen molar-refractivity contribution in [2.45, 2.75) is 44.4 Å². The summed E-state index contributed by atoms with van der Waals surface area (Å²) in [7, 11) is 0. The van der Waals surface area contributed by atoms with Gasteiger partial charge in [0, 0.05) is 24.2 Å². The van der Waals surface area contributed by atoms with Crippen molar-refractivity contribution in [2.24, 2.45) is 0 Å². The second-order valence-corrected chi connectivity index (χ2v) is 5.71. The Balaban J connectivity index is 2.68. The van der Waals surface area contributed by atoms with Gasteiger partial charge in [-0.05, 0) is 33.3 Å². The van der Waals surface area contributed by atoms with E-state index in [0.29, 0.717) is 10.9 Å². The SMILES string of the molecule is Cc1cnc(SCC(C)(NC(C)C)C(=O)O)nc1. The third-order valence-corrected chi connectivity index (χ3v) is 3.52. The maximum atomic E-state index is 11.3. The lowest BCUT2D eigenvalue weighted by Crippen LogP contribution is -2.54. The number of carboxylic acid groups (broad SMARTS) is 1. The third-order valence-electron chi connectivity index (χ3n) is 2.33. The Hall–Kier alpha value is -1.14. The molecule has 0 aromatic carbocycles. The summed E-state index contributed by atoms with van der Waals surface area (Å²) in [6.07, 6.45) is 3.45. The second-order valence-electron chi connectivity index (χ2n) is 4.77. The van der Waals surface area contributed by atoms with E-state index in [1.54, 1.807) is 19.3 Å². The summed E-state index contributed by atoms with van der Waals surface area (Å²) in [6.45, 7) is 7.44. The van der Waals surface area contributed by atoms with Crippen molar-refractivity contribution in [3.63, 3.8) is 0 Å². The van der Waals surface area contributed by atoms with Gasteiger partial charge in [0.1, 0.15) is 5.54 Å². The zero-order valence-corrected chi connectivity index (χ0v) is 11.9. The quantitative estimate of drug-likeness (QED) is 0.605. The molecule has 1 heterocycles. The molecule has 1 unspecified atom stereocenters. The molecule has 1 aromatic rings. The molecular formula is C12H19N3O2S. The number of carbonyl (C=O) groups is 1. The van der Waals surface area contributed by atoms with Crippen LogP contribution in [0.25, 0.3) is 0 Å². The highest BCUT2D eigenvalue weighted by molar-refractivity contribution is 7.99. The van der Waals surface area contributed by atoms with E-state index >= 15 is 0 Å². The number of thioether (sulfide) groups is 1. The molecule has 1 rings (SSSR count). The second kappa shape index (κ2) is 6.15. The van der Waals surface area contributed by atoms with Gasteiger partial charge in [-0.15, -0.1) is 0 Å². The van der Waals surface area contributed by atoms with Gasteiger partial charge < -0.3 is 5.11 Å². The van der Waals surface area contributed by atoms with Crippen LogP contribution in [0, 0.1) is 6.92 Å². The van der Waals surface area contributed by atoms with E-state index in [-0.39, 0.29) is 6.04 Å². The molecule has 18 heavy (non-hydrogen) atoms. The van der Waals surface area contributed by atoms with E-state index in [1.165, 1.54) is 11.8 Å². The van der Waals surface area contributed by atoms with Crippen LogP contribution < -0.4 is 5.32 Å². The number of hydrogen-bond donors (Lipinski definition) is 2. The van der Waals surface area contributed by atoms with Gasteiger partial charge in [0.25, 0.3) is 0 Å². The molecule has 0 fully saturated rings. The maximum Gasteiger partial charge on any atom is 0.324 e. The zero-order valence-electron chi connectivity index (χ0n) is 11.1. The van der Waals surface area contributed by atoms with E-state index < -0.39 is 11.5 Å². The van der Waals surface area contributed by atoms with Gasteiger partial charge >= 0.3 is 5.97 Å². The van der Waals surface area contributed by atoms with E-state index in [2.05, 4.69) is 15.3 Å². The van der Waals surface area contributed by atoms with Crippen LogP contribution in [-0.2, 0) is 4.79 Å². The molecule has 0 aliphatic heterocycles. The van der Waals surface area contributed by atoms with Gasteiger partial charge in [0.2, 0.25) is 0 Å². The van der Waals surface area contributed by atoms with E-state index in [4.69, 9.17) is 0 Å². The minimum atomic E-state index is -0.979. The molecule has 0 aliphatic rings. The molecular weight excluding hydrogens is 250 g/mol. The third kappa shape index (κ3) is 4.27. The van der Waals surface area contributed by atoms with Crippen LogP contribution in [0.3, 0.4) is 0 Å². The number of carboxylic acids is 1. The van der Waals surface area contributed by atoms with Gasteiger partial charge in [-0.25, -0.2) is 9.97 Å². The van der Waals surface area contributed by atoms with Crippen molar-refractivity contribution >= 4 is 17.7 Å². The normalized spacial score (nSPS) is 14.5. The number of nitrogens with zero attached hydrogens (tertiary/aromatic N) is 2. The molecule has 0 saturated heterocycles. The molecule has 2 N–H and O–H groups in total. The first-order valence-electron chi connectivity index (χ1n) is 5.76. The molecule has 0 amide bonds. The average Bonchev–Trinajstić information content (AvgIpc) is 2.27. The summed E-state index contributed by atoms with van der Waals surface area (Å²) < 4.78 is 0. The molecule has 6 heteroatoms. The molecule has 1 aromatic heterocycles. The first-order chi connectivity index (χ1) is 8.33. The number of rotatable bonds is 6. The van der Waals surface area contributed by atoms with Crippen LogP contribution in [0.2, 0.25) is 0 Å². The highest BCUT2D eigenvalue weighted by atomic mass is 32.2. The smallest absolute Gasteiger partial charge is 0.324 e. The Morgan fingerprint density at radius 3 is 2.50 bits per heavy atom. The van der Waals surface area contributed by atoms with Crippen LogP contribution >= 0.6 is 11.8 Å². The average molecular weight is 269 g/mol. The number of aliphatic carboxylic acids is 1. The fraction of sp³-hybridized carbons (Fsp3) is 0.583. The highest BCUT2D eigenvalue weighted by Gasteiger charge is 2.33. The standard InChI is InChI=1S/C12H19N3O2S/c1-8(2)15-12(4,10(16)17)7-18-11-13-5-9(3)6-14-11/h5-6,8,15H,7H2,1-4H3,(H,16,17). The van der Waals surface area contributed by atoms with Gasteiger partial charge in [-0.3, -0.25) is 10.1 Å². The lowest BCUT2D eigenvalue weighted by atomic mass is 10.1. The van der Waals surface area contributed by atoms with Crippen LogP contribution in [0.4, 0.5) is 0 Å². The zero-order chi connectivity index (χ0) is 13.8. The van der Waals surface area contributed by atoms with Crippen molar-refractivity contribution in [1.29, 1.82) is 0 Å². The topological polar surface area (TPSA) is 75.1 Å². The monoisotopic (exact) mass is 269 g/mol. The Morgan fingerprint density at radius 1 is 1.50 bits per heavy atom. The summed E-state index contributed by atoms with van der Waals surface area (Å²) >= 11 is 1.34. The van der Waals surface area contributed by atoms with E-state index in [0.717, 1.165) is 5.56 Å². The summed E-state index contributed by atoms with van der Waals surface area (Å²) in [5, 5.41) is 12.9. The van der Waals surface area contributed by atoms with Crippen LogP contribution in [0.15, 0.2) is 17.6 Å². The Kier molecular flexibility index (Phi) is 5.10. The van der Waals surface area contributed by atoms with Crippen molar-refractivity contribution in [3.8, 4) is 0 Å². The minimum Gasteiger partial charge on any atom is -0.480 e. The molecule has 1 atom stereocenters. The molecule has 0 aliphatic carbocycles. The highest BCUT2D eigenvalue weighted by Crippen LogP contribution is 2.20. The number of nitrogens with one attached hydrogen (secondary N) is 1. The Bertz CT molecular complexity index is 408. The molecule has 0 bridgehead atoms. The summed E-state index contributed by atoms with van der Waals surface area (Å²) in [5.74, 6) is -0.486. The predicted octanol–water partition coefficient (Wildman–Crippen LogP) is 1.72. The van der Waals surface area contributed by atoms with Crippen molar-refractivity contribution in [3.05, 3.63) is 18.0 Å². The summed E-state index contributed by atoms with van der Waals surface area (Å²) in [6, 6.07) is 0.102. The predicted molar refractivity (Wildman–Crippen MR) is 71.8 cm³/mol. The van der Waals surface area contributed by atoms with Crippen molar-refractivity contribution in [2.75, 3.05) is 5.75 Å². The summed E-state index contributed by atoms with van der Waals surface area (Å²) in [4.78, 5) is 19.6. The lowest BCUT2D eigenvalue weighted by Gasteiger charge is -2.27. The fourth-order valence-corrected chi connectivity index (χ4v) is 2.35. The first kappa shape index (κ1) is 14.9. The number of aromatic nitrogens is 2. The van der Waals surface area contributed by atoms with Gasteiger partial charge in [0.05, 0.1) is 0 Å². The molecule has 0 spiro atoms. The number of hydrogen-bond acceptors (Lipinski definition) is 5. The van der Waals surface area contributed by atoms with Crippen molar-refractivity contribution in [1.82, 2.24) is 15.3 Å². The van der Waals surface area contributed by atoms with Gasteiger partial charge in [-0.2, -0.15) is 0 Å². The van der Waals surface area contributed by atoms with Gasteiger partial charge in [0.15, 0.2) is 5.16 Å². The maximum absolute atomic E-state index is 11.3. The summed E-state index contributed by atoms with van der Waals surface area (Å²) in [5.41, 5.74) is 0.00763. The fourth-order valence-electron chi connectivity index (χ4n) is 1.47. The van der Waals surface area contributed by atoms with Crippen LogP contribution in [0.5, 0.6) is 0 Å². The number of aryl methyl sites for hydroxylation is 1. The minimum absolute atomic E-state index is 0.102. The van der Waals surface area contributed by atoms with Crippen molar-refractivity contribution < 1.29 is 9.90 Å². The van der Waals surface area contributed by atoms with E-state index in [9.17, 15) is 9.90 Å². The largest absolute Gasteiger partial charge is 0.480 e. The Labute approximate surface area is 111 Å². The first-order valence-corrected chi connectivity index (χ1v) is 6.74.